The molecule has 2 aromatic carbocycles. The molecule has 20 heavy (non-hydrogen) atoms. The van der Waals surface area contributed by atoms with Crippen LogP contribution in [0.5, 0.6) is 5.75 Å². The van der Waals surface area contributed by atoms with E-state index < -0.39 is 11.9 Å². The van der Waals surface area contributed by atoms with Gasteiger partial charge in [-0.3, -0.25) is 4.79 Å². The molecule has 0 saturated carbocycles. The maximum atomic E-state index is 11.1. The van der Waals surface area contributed by atoms with Crippen LogP contribution in [0.1, 0.15) is 24.0 Å². The van der Waals surface area contributed by atoms with Crippen molar-refractivity contribution in [1.29, 1.82) is 0 Å². The molecule has 2 N–H and O–H groups in total. The highest BCUT2D eigenvalue weighted by atomic mass is 32.2. The summed E-state index contributed by atoms with van der Waals surface area (Å²) in [7, 11) is 0. The summed E-state index contributed by atoms with van der Waals surface area (Å²) in [5, 5.41) is 19.3. The Labute approximate surface area is 122 Å². The second-order valence-electron chi connectivity index (χ2n) is 4.62. The van der Waals surface area contributed by atoms with Gasteiger partial charge in [0.25, 0.3) is 0 Å². The summed E-state index contributed by atoms with van der Waals surface area (Å²) in [6.07, 6.45) is 0. The summed E-state index contributed by atoms with van der Waals surface area (Å²) >= 11 is 1.44. The van der Waals surface area contributed by atoms with E-state index in [1.807, 2.05) is 31.2 Å². The first-order valence-electron chi connectivity index (χ1n) is 6.29. The first-order chi connectivity index (χ1) is 9.50. The Morgan fingerprint density at radius 1 is 1.10 bits per heavy atom. The number of para-hydroxylation sites is 1. The van der Waals surface area contributed by atoms with Gasteiger partial charge < -0.3 is 10.2 Å². The van der Waals surface area contributed by atoms with Crippen molar-refractivity contribution in [2.24, 2.45) is 0 Å². The lowest BCUT2D eigenvalue weighted by molar-refractivity contribution is -0.138. The Hall–Kier alpha value is -1.94. The van der Waals surface area contributed by atoms with Crippen molar-refractivity contribution in [2.45, 2.75) is 29.6 Å². The molecular weight excluding hydrogens is 272 g/mol. The van der Waals surface area contributed by atoms with Crippen LogP contribution in [0, 0.1) is 6.92 Å². The number of carboxylic acids is 1. The number of phenols is 1. The number of rotatable bonds is 4. The first-order valence-corrected chi connectivity index (χ1v) is 7.10. The van der Waals surface area contributed by atoms with Crippen molar-refractivity contribution in [1.82, 2.24) is 0 Å². The maximum Gasteiger partial charge on any atom is 0.310 e. The van der Waals surface area contributed by atoms with E-state index in [-0.39, 0.29) is 5.75 Å². The third-order valence-corrected chi connectivity index (χ3v) is 4.41. The summed E-state index contributed by atoms with van der Waals surface area (Å²) < 4.78 is 0. The van der Waals surface area contributed by atoms with Gasteiger partial charge in [0.05, 0.1) is 10.8 Å². The third kappa shape index (κ3) is 2.96. The number of benzene rings is 2. The van der Waals surface area contributed by atoms with Crippen molar-refractivity contribution >= 4 is 17.7 Å². The molecule has 0 radical (unpaired) electrons. The zero-order valence-electron chi connectivity index (χ0n) is 11.3. The molecule has 0 heterocycles. The number of carbonyl (C=O) groups is 1. The third-order valence-electron chi connectivity index (χ3n) is 3.18. The Bertz CT molecular complexity index is 637. The zero-order chi connectivity index (χ0) is 14.7. The van der Waals surface area contributed by atoms with E-state index in [1.165, 1.54) is 11.8 Å². The first kappa shape index (κ1) is 14.5. The predicted octanol–water partition coefficient (Wildman–Crippen LogP) is 4.04. The average molecular weight is 288 g/mol. The number of carboxylic acid groups (broad SMARTS) is 1. The van der Waals surface area contributed by atoms with Crippen LogP contribution in [0.2, 0.25) is 0 Å². The van der Waals surface area contributed by atoms with Crippen molar-refractivity contribution in [3.8, 4) is 5.75 Å². The molecule has 0 aliphatic rings. The Balaban J connectivity index is 2.37. The van der Waals surface area contributed by atoms with Gasteiger partial charge in [-0.1, -0.05) is 42.1 Å². The summed E-state index contributed by atoms with van der Waals surface area (Å²) in [5.74, 6) is -1.62. The molecule has 104 valence electrons. The Morgan fingerprint density at radius 3 is 2.40 bits per heavy atom. The second-order valence-corrected chi connectivity index (χ2v) is 5.71. The molecule has 2 rings (SSSR count). The average Bonchev–Trinajstić information content (AvgIpc) is 2.42. The highest BCUT2D eigenvalue weighted by Crippen LogP contribution is 2.39. The SMILES string of the molecule is Cc1ccccc1Sc1cccc(C(C)C(=O)O)c1O. The van der Waals surface area contributed by atoms with Crippen molar-refractivity contribution in [3.05, 3.63) is 53.6 Å². The summed E-state index contributed by atoms with van der Waals surface area (Å²) in [6, 6.07) is 13.1. The van der Waals surface area contributed by atoms with Crippen LogP contribution < -0.4 is 0 Å². The van der Waals surface area contributed by atoms with Gasteiger partial charge in [-0.2, -0.15) is 0 Å². The van der Waals surface area contributed by atoms with Gasteiger partial charge in [0.2, 0.25) is 0 Å². The van der Waals surface area contributed by atoms with E-state index in [9.17, 15) is 9.90 Å². The van der Waals surface area contributed by atoms with Crippen LogP contribution >= 0.6 is 11.8 Å². The molecular formula is C16H16O3S. The summed E-state index contributed by atoms with van der Waals surface area (Å²) in [6.45, 7) is 3.57. The van der Waals surface area contributed by atoms with Crippen molar-refractivity contribution < 1.29 is 15.0 Å². The van der Waals surface area contributed by atoms with Crippen LogP contribution in [-0.2, 0) is 4.79 Å². The molecule has 1 atom stereocenters. The monoisotopic (exact) mass is 288 g/mol. The van der Waals surface area contributed by atoms with Crippen LogP contribution in [0.4, 0.5) is 0 Å². The number of hydrogen-bond acceptors (Lipinski definition) is 3. The topological polar surface area (TPSA) is 57.5 Å². The normalized spacial score (nSPS) is 12.1. The van der Waals surface area contributed by atoms with Crippen LogP contribution in [0.15, 0.2) is 52.3 Å². The van der Waals surface area contributed by atoms with E-state index in [0.717, 1.165) is 10.5 Å². The summed E-state index contributed by atoms with van der Waals surface area (Å²) in [4.78, 5) is 12.8. The fourth-order valence-corrected chi connectivity index (χ4v) is 2.87. The second kappa shape index (κ2) is 6.01. The van der Waals surface area contributed by atoms with E-state index in [0.29, 0.717) is 10.5 Å². The van der Waals surface area contributed by atoms with Gasteiger partial charge in [0.15, 0.2) is 0 Å². The van der Waals surface area contributed by atoms with Crippen molar-refractivity contribution in [3.63, 3.8) is 0 Å². The molecule has 0 aliphatic heterocycles. The van der Waals surface area contributed by atoms with Gasteiger partial charge in [0, 0.05) is 10.5 Å². The number of aromatic hydroxyl groups is 1. The van der Waals surface area contributed by atoms with Gasteiger partial charge in [-0.15, -0.1) is 0 Å². The fraction of sp³-hybridized carbons (Fsp3) is 0.188. The van der Waals surface area contributed by atoms with Crippen LogP contribution in [0.3, 0.4) is 0 Å². The fourth-order valence-electron chi connectivity index (χ4n) is 1.89. The van der Waals surface area contributed by atoms with E-state index in [4.69, 9.17) is 5.11 Å². The molecule has 0 aliphatic carbocycles. The smallest absolute Gasteiger partial charge is 0.310 e. The van der Waals surface area contributed by atoms with Gasteiger partial charge in [-0.25, -0.2) is 0 Å². The number of aliphatic carboxylic acids is 1. The van der Waals surface area contributed by atoms with Crippen molar-refractivity contribution in [2.75, 3.05) is 0 Å². The summed E-state index contributed by atoms with van der Waals surface area (Å²) in [5.41, 5.74) is 1.56. The number of aryl methyl sites for hydroxylation is 1. The predicted molar refractivity (Wildman–Crippen MR) is 79.5 cm³/mol. The lowest BCUT2D eigenvalue weighted by Gasteiger charge is -2.13. The van der Waals surface area contributed by atoms with Gasteiger partial charge in [-0.05, 0) is 31.5 Å². The molecule has 0 spiro atoms. The van der Waals surface area contributed by atoms with Crippen LogP contribution in [0.25, 0.3) is 0 Å². The standard InChI is InChI=1S/C16H16O3S/c1-10-6-3-4-8-13(10)20-14-9-5-7-12(15(14)17)11(2)16(18)19/h3-9,11,17H,1-2H3,(H,18,19). The maximum absolute atomic E-state index is 11.1. The molecule has 0 saturated heterocycles. The quantitative estimate of drug-likeness (QED) is 0.891. The molecule has 1 unspecified atom stereocenters. The minimum atomic E-state index is -0.946. The molecule has 3 nitrogen and oxygen atoms in total. The minimum Gasteiger partial charge on any atom is -0.506 e. The van der Waals surface area contributed by atoms with E-state index in [1.54, 1.807) is 25.1 Å². The Kier molecular flexibility index (Phi) is 4.35. The van der Waals surface area contributed by atoms with E-state index in [2.05, 4.69) is 0 Å². The molecule has 4 heteroatoms. The van der Waals surface area contributed by atoms with Crippen LogP contribution in [-0.4, -0.2) is 16.2 Å². The molecule has 0 aromatic heterocycles. The number of phenolic OH excluding ortho intramolecular Hbond substituents is 1. The lowest BCUT2D eigenvalue weighted by Crippen LogP contribution is -2.07. The Morgan fingerprint density at radius 2 is 1.75 bits per heavy atom. The molecule has 0 fully saturated rings. The highest BCUT2D eigenvalue weighted by molar-refractivity contribution is 7.99. The zero-order valence-corrected chi connectivity index (χ0v) is 12.1. The molecule has 0 amide bonds. The van der Waals surface area contributed by atoms with Gasteiger partial charge >= 0.3 is 5.97 Å². The lowest BCUT2D eigenvalue weighted by atomic mass is 10.0. The molecule has 2 aromatic rings. The van der Waals surface area contributed by atoms with E-state index >= 15 is 0 Å². The largest absolute Gasteiger partial charge is 0.506 e. The van der Waals surface area contributed by atoms with Gasteiger partial charge in [0.1, 0.15) is 5.75 Å². The minimum absolute atomic E-state index is 0.0515. The molecule has 0 bridgehead atoms. The number of hydrogen-bond donors (Lipinski definition) is 2. The highest BCUT2D eigenvalue weighted by Gasteiger charge is 2.19.